The Labute approximate surface area is 182 Å². The second kappa shape index (κ2) is 8.54. The molecule has 2 aromatic heterocycles. The molecule has 2 fully saturated rings. The maximum atomic E-state index is 13.3. The van der Waals surface area contributed by atoms with Gasteiger partial charge in [-0.3, -0.25) is 4.79 Å². The fourth-order valence-corrected chi connectivity index (χ4v) is 5.67. The molecule has 1 aliphatic carbocycles. The summed E-state index contributed by atoms with van der Waals surface area (Å²) in [6.45, 7) is 6.47. The summed E-state index contributed by atoms with van der Waals surface area (Å²) in [7, 11) is 0. The number of benzene rings is 1. The smallest absolute Gasteiger partial charge is 0.258 e. The molecule has 0 radical (unpaired) electrons. The van der Waals surface area contributed by atoms with Crippen molar-refractivity contribution < 1.29 is 4.90 Å². The summed E-state index contributed by atoms with van der Waals surface area (Å²) in [5.41, 5.74) is 2.83. The highest BCUT2D eigenvalue weighted by Gasteiger charge is 2.37. The number of rotatable bonds is 4. The lowest BCUT2D eigenvalue weighted by Gasteiger charge is -2.34. The first-order valence-corrected chi connectivity index (χ1v) is 11.9. The third-order valence-electron chi connectivity index (χ3n) is 7.25. The van der Waals surface area contributed by atoms with Crippen molar-refractivity contribution in [3.8, 4) is 0 Å². The van der Waals surface area contributed by atoms with Crippen molar-refractivity contribution in [2.75, 3.05) is 13.1 Å². The molecule has 2 aliphatic rings. The van der Waals surface area contributed by atoms with Gasteiger partial charge in [0.25, 0.3) is 5.56 Å². The molecule has 1 unspecified atom stereocenters. The lowest BCUT2D eigenvalue weighted by atomic mass is 9.93. The number of H-pyrrole nitrogens is 1. The minimum Gasteiger partial charge on any atom is -0.322 e. The van der Waals surface area contributed by atoms with Gasteiger partial charge < -0.3 is 9.88 Å². The Hall–Kier alpha value is -2.54. The van der Waals surface area contributed by atoms with Gasteiger partial charge in [-0.25, -0.2) is 4.68 Å². The zero-order valence-electron chi connectivity index (χ0n) is 18.6. The number of fused-ring (bicyclic) bond motifs is 1. The van der Waals surface area contributed by atoms with E-state index in [0.29, 0.717) is 12.0 Å². The van der Waals surface area contributed by atoms with Crippen LogP contribution in [0.2, 0.25) is 0 Å². The lowest BCUT2D eigenvalue weighted by molar-refractivity contribution is -0.934. The Morgan fingerprint density at radius 3 is 2.77 bits per heavy atom. The number of aromatic amines is 1. The largest absolute Gasteiger partial charge is 0.322 e. The molecule has 1 aromatic carbocycles. The Bertz CT molecular complexity index is 1110. The number of nitrogens with zero attached hydrogens (tertiary/aromatic N) is 4. The maximum Gasteiger partial charge on any atom is 0.258 e. The Balaban J connectivity index is 1.64. The van der Waals surface area contributed by atoms with Crippen molar-refractivity contribution >= 4 is 10.9 Å². The number of hydrogen-bond acceptors (Lipinski definition) is 4. The molecule has 5 rings (SSSR count). The Kier molecular flexibility index (Phi) is 5.61. The minimum atomic E-state index is -0.145. The molecule has 0 bridgehead atoms. The van der Waals surface area contributed by atoms with Gasteiger partial charge in [0, 0.05) is 11.4 Å². The lowest BCUT2D eigenvalue weighted by Crippen LogP contribution is -3.14. The SMILES string of the molecule is Cc1ccc2[nH]c(=O)c([C@H](c3nnnn3C3CCCCC3)[NH+]3CCC[C@H](C)C3)cc2c1. The van der Waals surface area contributed by atoms with Gasteiger partial charge in [-0.05, 0) is 66.6 Å². The number of aryl methyl sites for hydroxylation is 1. The summed E-state index contributed by atoms with van der Waals surface area (Å²) in [6, 6.07) is 8.45. The highest BCUT2D eigenvalue weighted by molar-refractivity contribution is 5.79. The Morgan fingerprint density at radius 2 is 1.97 bits per heavy atom. The number of tetrazole rings is 1. The molecule has 2 N–H and O–H groups in total. The van der Waals surface area contributed by atoms with Crippen molar-refractivity contribution in [3.05, 3.63) is 51.6 Å². The molecule has 164 valence electrons. The van der Waals surface area contributed by atoms with Crippen LogP contribution in [0.4, 0.5) is 0 Å². The minimum absolute atomic E-state index is 0.0229. The molecule has 7 heteroatoms. The summed E-state index contributed by atoms with van der Waals surface area (Å²) < 4.78 is 2.05. The number of hydrogen-bond donors (Lipinski definition) is 2. The fraction of sp³-hybridized carbons (Fsp3) is 0.583. The van der Waals surface area contributed by atoms with E-state index in [0.717, 1.165) is 48.2 Å². The molecular weight excluding hydrogens is 388 g/mol. The van der Waals surface area contributed by atoms with E-state index in [1.165, 1.54) is 42.6 Å². The summed E-state index contributed by atoms with van der Waals surface area (Å²) in [5.74, 6) is 1.49. The zero-order valence-corrected chi connectivity index (χ0v) is 18.6. The van der Waals surface area contributed by atoms with E-state index in [2.05, 4.69) is 51.2 Å². The highest BCUT2D eigenvalue weighted by Crippen LogP contribution is 2.30. The maximum absolute atomic E-state index is 13.3. The van der Waals surface area contributed by atoms with Crippen LogP contribution < -0.4 is 10.5 Å². The molecular formula is C24H33N6O+. The summed E-state index contributed by atoms with van der Waals surface area (Å²) in [5, 5.41) is 14.1. The monoisotopic (exact) mass is 421 g/mol. The average molecular weight is 422 g/mol. The number of pyridine rings is 1. The van der Waals surface area contributed by atoms with E-state index >= 15 is 0 Å². The van der Waals surface area contributed by atoms with Gasteiger partial charge in [0.15, 0.2) is 6.04 Å². The van der Waals surface area contributed by atoms with Crippen LogP contribution in [0.15, 0.2) is 29.1 Å². The highest BCUT2D eigenvalue weighted by atomic mass is 16.1. The second-order valence-electron chi connectivity index (χ2n) is 9.71. The van der Waals surface area contributed by atoms with Gasteiger partial charge in [-0.15, -0.1) is 5.10 Å². The van der Waals surface area contributed by atoms with Crippen LogP contribution >= 0.6 is 0 Å². The standard InChI is InChI=1S/C24H32N6O/c1-16-10-11-21-18(13-16)14-20(24(31)25-21)22(29-12-6-7-17(2)15-29)23-26-27-28-30(23)19-8-4-3-5-9-19/h10-11,13-14,17,19,22H,3-9,12,15H2,1-2H3,(H,25,31)/p+1/t17-,22+/m0/s1. The van der Waals surface area contributed by atoms with Crippen molar-refractivity contribution in [3.63, 3.8) is 0 Å². The predicted molar refractivity (Wildman–Crippen MR) is 120 cm³/mol. The second-order valence-corrected chi connectivity index (χ2v) is 9.71. The molecule has 31 heavy (non-hydrogen) atoms. The Morgan fingerprint density at radius 1 is 1.13 bits per heavy atom. The van der Waals surface area contributed by atoms with E-state index in [9.17, 15) is 4.79 Å². The first kappa shape index (κ1) is 20.4. The van der Waals surface area contributed by atoms with Gasteiger partial charge in [0.2, 0.25) is 5.82 Å². The quantitative estimate of drug-likeness (QED) is 0.679. The van der Waals surface area contributed by atoms with Crippen LogP contribution in [-0.2, 0) is 0 Å². The van der Waals surface area contributed by atoms with Crippen LogP contribution in [0.5, 0.6) is 0 Å². The first-order valence-electron chi connectivity index (χ1n) is 11.9. The van der Waals surface area contributed by atoms with E-state index < -0.39 is 0 Å². The molecule has 3 heterocycles. The number of nitrogens with one attached hydrogen (secondary N) is 2. The van der Waals surface area contributed by atoms with E-state index in [-0.39, 0.29) is 11.6 Å². The first-order chi connectivity index (χ1) is 15.1. The van der Waals surface area contributed by atoms with Crippen molar-refractivity contribution in [1.82, 2.24) is 25.2 Å². The van der Waals surface area contributed by atoms with Gasteiger partial charge in [-0.1, -0.05) is 37.8 Å². The summed E-state index contributed by atoms with van der Waals surface area (Å²) in [4.78, 5) is 17.9. The molecule has 7 nitrogen and oxygen atoms in total. The van der Waals surface area contributed by atoms with E-state index in [1.54, 1.807) is 0 Å². The van der Waals surface area contributed by atoms with Gasteiger partial charge in [0.1, 0.15) is 0 Å². The average Bonchev–Trinajstić information content (AvgIpc) is 3.25. The summed E-state index contributed by atoms with van der Waals surface area (Å²) in [6.07, 6.45) is 8.37. The molecule has 1 saturated carbocycles. The number of aromatic nitrogens is 5. The molecule has 0 spiro atoms. The van der Waals surface area contributed by atoms with Gasteiger partial charge in [-0.2, -0.15) is 0 Å². The van der Waals surface area contributed by atoms with E-state index in [1.807, 2.05) is 12.1 Å². The van der Waals surface area contributed by atoms with Crippen molar-refractivity contribution in [2.24, 2.45) is 5.92 Å². The van der Waals surface area contributed by atoms with Crippen LogP contribution in [0, 0.1) is 12.8 Å². The molecule has 1 aliphatic heterocycles. The molecule has 3 aromatic rings. The predicted octanol–water partition coefficient (Wildman–Crippen LogP) is 2.73. The van der Waals surface area contributed by atoms with Crippen molar-refractivity contribution in [1.29, 1.82) is 0 Å². The molecule has 1 saturated heterocycles. The van der Waals surface area contributed by atoms with Crippen molar-refractivity contribution in [2.45, 2.75) is 70.9 Å². The van der Waals surface area contributed by atoms with E-state index in [4.69, 9.17) is 0 Å². The fourth-order valence-electron chi connectivity index (χ4n) is 5.67. The van der Waals surface area contributed by atoms with Crippen LogP contribution in [0.1, 0.15) is 80.9 Å². The number of likely N-dealkylation sites (tertiary alicyclic amines) is 1. The number of quaternary nitrogens is 1. The molecule has 0 amide bonds. The zero-order chi connectivity index (χ0) is 21.4. The topological polar surface area (TPSA) is 80.9 Å². The molecule has 3 atom stereocenters. The van der Waals surface area contributed by atoms with Crippen LogP contribution in [-0.4, -0.2) is 38.3 Å². The third kappa shape index (κ3) is 4.03. The van der Waals surface area contributed by atoms with Gasteiger partial charge in [0.05, 0.1) is 24.7 Å². The summed E-state index contributed by atoms with van der Waals surface area (Å²) >= 11 is 0. The van der Waals surface area contributed by atoms with Crippen LogP contribution in [0.3, 0.4) is 0 Å². The third-order valence-corrected chi connectivity index (χ3v) is 7.25. The van der Waals surface area contributed by atoms with Crippen LogP contribution in [0.25, 0.3) is 10.9 Å². The number of piperidine rings is 1. The normalized spacial score (nSPS) is 23.8. The van der Waals surface area contributed by atoms with Gasteiger partial charge >= 0.3 is 0 Å².